The molecule has 2 aliphatic heterocycles. The summed E-state index contributed by atoms with van der Waals surface area (Å²) < 4.78 is 17.0. The third kappa shape index (κ3) is 2.61. The molecular formula is C16H21NO3. The van der Waals surface area contributed by atoms with Gasteiger partial charge in [-0.25, -0.2) is 0 Å². The summed E-state index contributed by atoms with van der Waals surface area (Å²) in [4.78, 5) is 0. The van der Waals surface area contributed by atoms with E-state index in [1.54, 1.807) is 0 Å². The van der Waals surface area contributed by atoms with E-state index in [-0.39, 0.29) is 6.04 Å². The second-order valence-corrected chi connectivity index (χ2v) is 5.03. The van der Waals surface area contributed by atoms with Gasteiger partial charge in [0.1, 0.15) is 13.2 Å². The lowest BCUT2D eigenvalue weighted by atomic mass is 9.94. The highest BCUT2D eigenvalue weighted by Crippen LogP contribution is 2.40. The van der Waals surface area contributed by atoms with Crippen molar-refractivity contribution in [1.29, 1.82) is 0 Å². The Morgan fingerprint density at radius 3 is 2.90 bits per heavy atom. The average molecular weight is 275 g/mol. The van der Waals surface area contributed by atoms with Gasteiger partial charge < -0.3 is 19.5 Å². The Morgan fingerprint density at radius 2 is 2.10 bits per heavy atom. The minimum absolute atomic E-state index is 0.136. The van der Waals surface area contributed by atoms with Gasteiger partial charge in [-0.15, -0.1) is 0 Å². The highest BCUT2D eigenvalue weighted by atomic mass is 16.6. The molecule has 2 heterocycles. The van der Waals surface area contributed by atoms with Crippen LogP contribution < -0.4 is 14.8 Å². The Bertz CT molecular complexity index is 498. The summed E-state index contributed by atoms with van der Waals surface area (Å²) in [5, 5.41) is 3.53. The molecule has 0 radical (unpaired) electrons. The van der Waals surface area contributed by atoms with Gasteiger partial charge in [0, 0.05) is 5.56 Å². The maximum absolute atomic E-state index is 5.84. The molecule has 0 fully saturated rings. The summed E-state index contributed by atoms with van der Waals surface area (Å²) in [6.07, 6.45) is 4.03. The molecule has 4 heteroatoms. The molecule has 3 rings (SSSR count). The van der Waals surface area contributed by atoms with Crippen LogP contribution in [-0.4, -0.2) is 26.4 Å². The van der Waals surface area contributed by atoms with Crippen LogP contribution in [0.5, 0.6) is 11.5 Å². The summed E-state index contributed by atoms with van der Waals surface area (Å²) in [5.41, 5.74) is 2.42. The van der Waals surface area contributed by atoms with Gasteiger partial charge in [-0.05, 0) is 31.0 Å². The normalized spacial score (nSPS) is 18.9. The molecule has 2 aliphatic rings. The first-order chi connectivity index (χ1) is 9.90. The van der Waals surface area contributed by atoms with Crippen LogP contribution in [0.25, 0.3) is 0 Å². The fourth-order valence-corrected chi connectivity index (χ4v) is 2.77. The molecule has 20 heavy (non-hydrogen) atoms. The van der Waals surface area contributed by atoms with E-state index in [1.807, 2.05) is 18.4 Å². The number of rotatable bonds is 4. The summed E-state index contributed by atoms with van der Waals surface area (Å²) in [7, 11) is 0. The molecule has 1 atom stereocenters. The molecule has 108 valence electrons. The van der Waals surface area contributed by atoms with Crippen molar-refractivity contribution in [3.63, 3.8) is 0 Å². The second kappa shape index (κ2) is 6.18. The van der Waals surface area contributed by atoms with E-state index in [2.05, 4.69) is 18.3 Å². The molecule has 4 nitrogen and oxygen atoms in total. The van der Waals surface area contributed by atoms with Gasteiger partial charge in [0.05, 0.1) is 18.9 Å². The topological polar surface area (TPSA) is 39.7 Å². The van der Waals surface area contributed by atoms with E-state index in [0.717, 1.165) is 43.1 Å². The van der Waals surface area contributed by atoms with Gasteiger partial charge in [-0.1, -0.05) is 19.1 Å². The van der Waals surface area contributed by atoms with E-state index in [1.165, 1.54) is 5.57 Å². The van der Waals surface area contributed by atoms with Crippen molar-refractivity contribution in [2.45, 2.75) is 25.8 Å². The predicted molar refractivity (Wildman–Crippen MR) is 77.1 cm³/mol. The van der Waals surface area contributed by atoms with Gasteiger partial charge >= 0.3 is 0 Å². The van der Waals surface area contributed by atoms with Crippen molar-refractivity contribution in [3.05, 3.63) is 35.6 Å². The van der Waals surface area contributed by atoms with Crippen molar-refractivity contribution in [1.82, 2.24) is 5.32 Å². The zero-order chi connectivity index (χ0) is 13.8. The Balaban J connectivity index is 1.96. The number of hydrogen-bond acceptors (Lipinski definition) is 4. The molecule has 0 amide bonds. The van der Waals surface area contributed by atoms with Crippen LogP contribution in [0.15, 0.2) is 30.0 Å². The molecule has 1 unspecified atom stereocenters. The average Bonchev–Trinajstić information content (AvgIpc) is 2.53. The Morgan fingerprint density at radius 1 is 1.20 bits per heavy atom. The van der Waals surface area contributed by atoms with Gasteiger partial charge in [0.2, 0.25) is 0 Å². The quantitative estimate of drug-likeness (QED) is 0.917. The van der Waals surface area contributed by atoms with Gasteiger partial charge in [0.15, 0.2) is 11.5 Å². The van der Waals surface area contributed by atoms with Crippen LogP contribution in [-0.2, 0) is 4.74 Å². The zero-order valence-electron chi connectivity index (χ0n) is 11.9. The molecule has 0 aliphatic carbocycles. The number of fused-ring (bicyclic) bond motifs is 1. The van der Waals surface area contributed by atoms with E-state index in [9.17, 15) is 0 Å². The molecular weight excluding hydrogens is 254 g/mol. The van der Waals surface area contributed by atoms with Crippen molar-refractivity contribution in [2.24, 2.45) is 0 Å². The Hall–Kier alpha value is -1.68. The molecule has 1 aromatic rings. The Labute approximate surface area is 119 Å². The fraction of sp³-hybridized carbons (Fsp3) is 0.500. The molecule has 0 aromatic heterocycles. The molecule has 1 aromatic carbocycles. The first-order valence-corrected chi connectivity index (χ1v) is 7.32. The number of para-hydroxylation sites is 1. The van der Waals surface area contributed by atoms with Crippen LogP contribution in [0, 0.1) is 0 Å². The lowest BCUT2D eigenvalue weighted by Crippen LogP contribution is -2.26. The van der Waals surface area contributed by atoms with E-state index < -0.39 is 0 Å². The third-order valence-electron chi connectivity index (χ3n) is 3.65. The van der Waals surface area contributed by atoms with Crippen LogP contribution in [0.3, 0.4) is 0 Å². The standard InChI is InChI=1S/C16H21NO3/c1-2-17-15(12-5-4-8-18-11-12)13-6-3-7-14-16(13)20-10-9-19-14/h3,6-7,11,15,17H,2,4-5,8-10H2,1H3. The van der Waals surface area contributed by atoms with Crippen LogP contribution >= 0.6 is 0 Å². The second-order valence-electron chi connectivity index (χ2n) is 5.03. The van der Waals surface area contributed by atoms with E-state index in [0.29, 0.717) is 13.2 Å². The maximum Gasteiger partial charge on any atom is 0.166 e. The number of nitrogens with one attached hydrogen (secondary N) is 1. The third-order valence-corrected chi connectivity index (χ3v) is 3.65. The molecule has 0 bridgehead atoms. The van der Waals surface area contributed by atoms with Crippen molar-refractivity contribution >= 4 is 0 Å². The summed E-state index contributed by atoms with van der Waals surface area (Å²) in [6, 6.07) is 6.23. The SMILES string of the molecule is CCNC(C1=COCCC1)c1cccc2c1OCCO2. The largest absolute Gasteiger partial charge is 0.501 e. The number of benzene rings is 1. The van der Waals surface area contributed by atoms with Gasteiger partial charge in [-0.3, -0.25) is 0 Å². The van der Waals surface area contributed by atoms with Gasteiger partial charge in [-0.2, -0.15) is 0 Å². The van der Waals surface area contributed by atoms with Crippen LogP contribution in [0.2, 0.25) is 0 Å². The minimum Gasteiger partial charge on any atom is -0.501 e. The summed E-state index contributed by atoms with van der Waals surface area (Å²) in [5.74, 6) is 1.71. The summed E-state index contributed by atoms with van der Waals surface area (Å²) in [6.45, 7) is 5.05. The van der Waals surface area contributed by atoms with E-state index >= 15 is 0 Å². The highest BCUT2D eigenvalue weighted by Gasteiger charge is 2.25. The zero-order valence-corrected chi connectivity index (χ0v) is 11.9. The molecule has 1 N–H and O–H groups in total. The predicted octanol–water partition coefficient (Wildman–Crippen LogP) is 2.80. The number of hydrogen-bond donors (Lipinski definition) is 1. The minimum atomic E-state index is 0.136. The van der Waals surface area contributed by atoms with Crippen molar-refractivity contribution in [3.8, 4) is 11.5 Å². The molecule has 0 saturated carbocycles. The Kier molecular flexibility index (Phi) is 4.11. The van der Waals surface area contributed by atoms with Crippen molar-refractivity contribution in [2.75, 3.05) is 26.4 Å². The fourth-order valence-electron chi connectivity index (χ4n) is 2.77. The van der Waals surface area contributed by atoms with E-state index in [4.69, 9.17) is 14.2 Å². The smallest absolute Gasteiger partial charge is 0.166 e. The number of likely N-dealkylation sites (N-methyl/N-ethyl adjacent to an activating group) is 1. The lowest BCUT2D eigenvalue weighted by Gasteiger charge is -2.28. The molecule has 0 spiro atoms. The van der Waals surface area contributed by atoms with Gasteiger partial charge in [0.25, 0.3) is 0 Å². The van der Waals surface area contributed by atoms with Crippen molar-refractivity contribution < 1.29 is 14.2 Å². The molecule has 0 saturated heterocycles. The monoisotopic (exact) mass is 275 g/mol. The van der Waals surface area contributed by atoms with Crippen LogP contribution in [0.1, 0.15) is 31.4 Å². The number of ether oxygens (including phenoxy) is 3. The first-order valence-electron chi connectivity index (χ1n) is 7.32. The lowest BCUT2D eigenvalue weighted by molar-refractivity contribution is 0.168. The highest BCUT2D eigenvalue weighted by molar-refractivity contribution is 5.51. The summed E-state index contributed by atoms with van der Waals surface area (Å²) >= 11 is 0. The van der Waals surface area contributed by atoms with Crippen LogP contribution in [0.4, 0.5) is 0 Å². The maximum atomic E-state index is 5.84. The first kappa shape index (κ1) is 13.3.